The zero-order valence-electron chi connectivity index (χ0n) is 13.5. The standard InChI is InChI=1S/C15H28N2O4S/c1-11-5-7-13(8-6-11)17-22(19,20)10-15(18)16-12(2)14-4-3-9-21-14/h11-14,17H,3-10H2,1-2H3,(H,16,18)/t11?,12-,13?,14-/m1/s1. The summed E-state index contributed by atoms with van der Waals surface area (Å²) in [4.78, 5) is 11.9. The Hall–Kier alpha value is -0.660. The van der Waals surface area contributed by atoms with Gasteiger partial charge in [0.2, 0.25) is 15.9 Å². The van der Waals surface area contributed by atoms with E-state index >= 15 is 0 Å². The first-order valence-electron chi connectivity index (χ1n) is 8.26. The highest BCUT2D eigenvalue weighted by molar-refractivity contribution is 7.90. The van der Waals surface area contributed by atoms with Crippen molar-refractivity contribution in [3.8, 4) is 0 Å². The Morgan fingerprint density at radius 1 is 1.23 bits per heavy atom. The molecule has 2 N–H and O–H groups in total. The number of carbonyl (C=O) groups is 1. The molecule has 7 heteroatoms. The summed E-state index contributed by atoms with van der Waals surface area (Å²) < 4.78 is 32.3. The number of hydrogen-bond donors (Lipinski definition) is 2. The van der Waals surface area contributed by atoms with Gasteiger partial charge >= 0.3 is 0 Å². The number of sulfonamides is 1. The fourth-order valence-corrected chi connectivity index (χ4v) is 4.49. The number of nitrogens with one attached hydrogen (secondary N) is 2. The lowest BCUT2D eigenvalue weighted by Crippen LogP contribution is -2.46. The third kappa shape index (κ3) is 5.52. The van der Waals surface area contributed by atoms with Crippen LogP contribution in [-0.4, -0.2) is 44.9 Å². The fraction of sp³-hybridized carbons (Fsp3) is 0.933. The summed E-state index contributed by atoms with van der Waals surface area (Å²) in [6.07, 6.45) is 5.69. The number of rotatable bonds is 6. The lowest BCUT2D eigenvalue weighted by molar-refractivity contribution is -0.120. The summed E-state index contributed by atoms with van der Waals surface area (Å²) in [5, 5.41) is 2.74. The van der Waals surface area contributed by atoms with Crippen LogP contribution in [0.15, 0.2) is 0 Å². The average Bonchev–Trinajstić information content (AvgIpc) is 2.94. The van der Waals surface area contributed by atoms with E-state index in [4.69, 9.17) is 4.74 Å². The minimum absolute atomic E-state index is 0.000514. The number of hydrogen-bond acceptors (Lipinski definition) is 4. The maximum Gasteiger partial charge on any atom is 0.236 e. The molecule has 0 spiro atoms. The molecule has 0 radical (unpaired) electrons. The molecular weight excluding hydrogens is 304 g/mol. The topological polar surface area (TPSA) is 84.5 Å². The maximum absolute atomic E-state index is 12.1. The van der Waals surface area contributed by atoms with Crippen molar-refractivity contribution >= 4 is 15.9 Å². The van der Waals surface area contributed by atoms with E-state index in [1.165, 1.54) is 0 Å². The summed E-state index contributed by atoms with van der Waals surface area (Å²) in [5.41, 5.74) is 0. The number of ether oxygens (including phenoxy) is 1. The fourth-order valence-electron chi connectivity index (χ4n) is 3.23. The van der Waals surface area contributed by atoms with Crippen LogP contribution in [0.4, 0.5) is 0 Å². The van der Waals surface area contributed by atoms with Crippen LogP contribution in [0, 0.1) is 5.92 Å². The molecule has 0 aromatic carbocycles. The van der Waals surface area contributed by atoms with Gasteiger partial charge in [0.15, 0.2) is 0 Å². The zero-order valence-corrected chi connectivity index (χ0v) is 14.3. The van der Waals surface area contributed by atoms with Crippen LogP contribution in [-0.2, 0) is 19.6 Å². The van der Waals surface area contributed by atoms with Crippen molar-refractivity contribution in [1.82, 2.24) is 10.0 Å². The van der Waals surface area contributed by atoms with Crippen molar-refractivity contribution in [2.24, 2.45) is 5.92 Å². The van der Waals surface area contributed by atoms with Crippen molar-refractivity contribution in [3.63, 3.8) is 0 Å². The summed E-state index contributed by atoms with van der Waals surface area (Å²) in [6.45, 7) is 4.76. The first-order chi connectivity index (χ1) is 10.4. The predicted octanol–water partition coefficient (Wildman–Crippen LogP) is 1.17. The summed E-state index contributed by atoms with van der Waals surface area (Å²) in [5.74, 6) is -0.299. The second-order valence-electron chi connectivity index (χ2n) is 6.74. The Morgan fingerprint density at radius 3 is 2.50 bits per heavy atom. The molecule has 22 heavy (non-hydrogen) atoms. The quantitative estimate of drug-likeness (QED) is 0.765. The largest absolute Gasteiger partial charge is 0.376 e. The Bertz CT molecular complexity index is 466. The highest BCUT2D eigenvalue weighted by Crippen LogP contribution is 2.23. The van der Waals surface area contributed by atoms with E-state index in [1.54, 1.807) is 0 Å². The van der Waals surface area contributed by atoms with Gasteiger partial charge in [0, 0.05) is 12.6 Å². The average molecular weight is 332 g/mol. The van der Waals surface area contributed by atoms with E-state index in [-0.39, 0.29) is 18.2 Å². The van der Waals surface area contributed by atoms with Gasteiger partial charge in [-0.2, -0.15) is 0 Å². The molecule has 2 atom stereocenters. The molecule has 1 heterocycles. The molecule has 0 aromatic heterocycles. The van der Waals surface area contributed by atoms with Gasteiger partial charge in [-0.15, -0.1) is 0 Å². The highest BCUT2D eigenvalue weighted by atomic mass is 32.2. The van der Waals surface area contributed by atoms with Gasteiger partial charge in [0.25, 0.3) is 0 Å². The Balaban J connectivity index is 1.76. The van der Waals surface area contributed by atoms with Gasteiger partial charge in [-0.05, 0) is 51.4 Å². The second-order valence-corrected chi connectivity index (χ2v) is 8.50. The van der Waals surface area contributed by atoms with Crippen LogP contribution in [0.5, 0.6) is 0 Å². The Labute approximate surface area is 133 Å². The number of carbonyl (C=O) groups excluding carboxylic acids is 1. The van der Waals surface area contributed by atoms with Crippen LogP contribution in [0.25, 0.3) is 0 Å². The number of amides is 1. The smallest absolute Gasteiger partial charge is 0.236 e. The maximum atomic E-state index is 12.1. The molecule has 1 saturated heterocycles. The molecule has 2 rings (SSSR count). The molecule has 2 fully saturated rings. The van der Waals surface area contributed by atoms with E-state index in [0.717, 1.165) is 38.5 Å². The summed E-state index contributed by atoms with van der Waals surface area (Å²) in [7, 11) is -3.57. The van der Waals surface area contributed by atoms with Crippen molar-refractivity contribution in [1.29, 1.82) is 0 Å². The molecule has 1 amide bonds. The molecule has 0 bridgehead atoms. The van der Waals surface area contributed by atoms with Crippen LogP contribution in [0.3, 0.4) is 0 Å². The molecule has 2 aliphatic rings. The van der Waals surface area contributed by atoms with E-state index in [0.29, 0.717) is 12.5 Å². The Morgan fingerprint density at radius 2 is 1.91 bits per heavy atom. The molecular formula is C15H28N2O4S. The highest BCUT2D eigenvalue weighted by Gasteiger charge is 2.27. The molecule has 1 saturated carbocycles. The van der Waals surface area contributed by atoms with E-state index < -0.39 is 21.7 Å². The summed E-state index contributed by atoms with van der Waals surface area (Å²) >= 11 is 0. The molecule has 1 aliphatic heterocycles. The van der Waals surface area contributed by atoms with Crippen LogP contribution in [0.2, 0.25) is 0 Å². The molecule has 0 unspecified atom stereocenters. The van der Waals surface area contributed by atoms with Crippen molar-refractivity contribution in [3.05, 3.63) is 0 Å². The summed E-state index contributed by atoms with van der Waals surface area (Å²) in [6, 6.07) is -0.176. The molecule has 6 nitrogen and oxygen atoms in total. The minimum Gasteiger partial charge on any atom is -0.376 e. The Kier molecular flexibility index (Phi) is 6.23. The van der Waals surface area contributed by atoms with Gasteiger partial charge < -0.3 is 10.1 Å². The predicted molar refractivity (Wildman–Crippen MR) is 84.9 cm³/mol. The zero-order chi connectivity index (χ0) is 16.2. The van der Waals surface area contributed by atoms with Crippen molar-refractivity contribution in [2.75, 3.05) is 12.4 Å². The monoisotopic (exact) mass is 332 g/mol. The van der Waals surface area contributed by atoms with E-state index in [9.17, 15) is 13.2 Å². The van der Waals surface area contributed by atoms with Crippen molar-refractivity contribution in [2.45, 2.75) is 70.6 Å². The van der Waals surface area contributed by atoms with Gasteiger partial charge in [0.1, 0.15) is 5.75 Å². The minimum atomic E-state index is -3.57. The molecule has 1 aliphatic carbocycles. The van der Waals surface area contributed by atoms with Gasteiger partial charge in [-0.1, -0.05) is 6.92 Å². The first kappa shape index (κ1) is 17.7. The van der Waals surface area contributed by atoms with Gasteiger partial charge in [-0.25, -0.2) is 13.1 Å². The second kappa shape index (κ2) is 7.75. The lowest BCUT2D eigenvalue weighted by Gasteiger charge is -2.26. The lowest BCUT2D eigenvalue weighted by atomic mass is 9.88. The van der Waals surface area contributed by atoms with Crippen LogP contribution < -0.4 is 10.0 Å². The molecule has 128 valence electrons. The van der Waals surface area contributed by atoms with Crippen LogP contribution in [0.1, 0.15) is 52.4 Å². The third-order valence-corrected chi connectivity index (χ3v) is 5.93. The van der Waals surface area contributed by atoms with E-state index in [1.807, 2.05) is 6.92 Å². The van der Waals surface area contributed by atoms with Crippen molar-refractivity contribution < 1.29 is 17.9 Å². The third-order valence-electron chi connectivity index (χ3n) is 4.59. The normalized spacial score (nSPS) is 30.9. The van der Waals surface area contributed by atoms with Gasteiger partial charge in [0.05, 0.1) is 12.1 Å². The first-order valence-corrected chi connectivity index (χ1v) is 9.92. The van der Waals surface area contributed by atoms with Gasteiger partial charge in [-0.3, -0.25) is 4.79 Å². The molecule has 0 aromatic rings. The SMILES string of the molecule is CC1CCC(NS(=O)(=O)CC(=O)N[C@H](C)[C@H]2CCCO2)CC1. The van der Waals surface area contributed by atoms with Crippen LogP contribution >= 0.6 is 0 Å². The van der Waals surface area contributed by atoms with E-state index in [2.05, 4.69) is 17.0 Å².